The highest BCUT2D eigenvalue weighted by atomic mass is 16.5. The Bertz CT molecular complexity index is 1410. The Morgan fingerprint density at radius 3 is 2.42 bits per heavy atom. The van der Waals surface area contributed by atoms with Crippen LogP contribution in [0, 0.1) is 0 Å². The maximum atomic E-state index is 13.8. The van der Waals surface area contributed by atoms with E-state index in [2.05, 4.69) is 10.2 Å². The zero-order valence-electron chi connectivity index (χ0n) is 23.7. The molecule has 0 aliphatic carbocycles. The lowest BCUT2D eigenvalue weighted by atomic mass is 9.64. The van der Waals surface area contributed by atoms with E-state index in [1.807, 2.05) is 12.1 Å². The first-order valence-corrected chi connectivity index (χ1v) is 14.2. The molecule has 2 aromatic carbocycles. The molecule has 0 bridgehead atoms. The quantitative estimate of drug-likeness (QED) is 0.299. The molecule has 5 rings (SSSR count). The van der Waals surface area contributed by atoms with Gasteiger partial charge >= 0.3 is 30.9 Å². The number of piperazine rings is 1. The second kappa shape index (κ2) is 12.8. The SMILES string of the molecule is CCN1CCN(C(=O)NC(C(=O)C[C@H]2Cc3cccc(C(=O)O)c3OB2O)c2ccc(N3CCOCC3)cc2)C(=O)C1=O. The van der Waals surface area contributed by atoms with Crippen molar-refractivity contribution in [2.24, 2.45) is 0 Å². The summed E-state index contributed by atoms with van der Waals surface area (Å²) in [6.45, 7) is 4.86. The Morgan fingerprint density at radius 1 is 1.02 bits per heavy atom. The number of imide groups is 1. The molecule has 14 heteroatoms. The van der Waals surface area contributed by atoms with E-state index < -0.39 is 48.6 Å². The van der Waals surface area contributed by atoms with Gasteiger partial charge in [-0.05, 0) is 42.7 Å². The van der Waals surface area contributed by atoms with Crippen molar-refractivity contribution in [2.45, 2.75) is 31.6 Å². The van der Waals surface area contributed by atoms with E-state index in [-0.39, 0.29) is 37.2 Å². The average molecular weight is 592 g/mol. The third kappa shape index (κ3) is 6.34. The summed E-state index contributed by atoms with van der Waals surface area (Å²) in [5, 5.41) is 22.9. The summed E-state index contributed by atoms with van der Waals surface area (Å²) in [6, 6.07) is 9.66. The number of nitrogens with one attached hydrogen (secondary N) is 1. The van der Waals surface area contributed by atoms with E-state index >= 15 is 0 Å². The zero-order chi connectivity index (χ0) is 30.7. The van der Waals surface area contributed by atoms with Crippen LogP contribution in [0.15, 0.2) is 42.5 Å². The second-order valence-corrected chi connectivity index (χ2v) is 10.7. The lowest BCUT2D eigenvalue weighted by molar-refractivity contribution is -0.153. The lowest BCUT2D eigenvalue weighted by Crippen LogP contribution is -2.58. The zero-order valence-corrected chi connectivity index (χ0v) is 23.7. The molecule has 3 heterocycles. The Kier molecular flexibility index (Phi) is 8.97. The largest absolute Gasteiger partial charge is 0.535 e. The van der Waals surface area contributed by atoms with Gasteiger partial charge in [-0.1, -0.05) is 24.3 Å². The van der Waals surface area contributed by atoms with Crippen molar-refractivity contribution >= 4 is 42.4 Å². The van der Waals surface area contributed by atoms with Crippen LogP contribution in [-0.2, 0) is 25.5 Å². The van der Waals surface area contributed by atoms with Crippen LogP contribution in [0.5, 0.6) is 5.75 Å². The van der Waals surface area contributed by atoms with Gasteiger partial charge in [0.1, 0.15) is 11.8 Å². The topological polar surface area (TPSA) is 166 Å². The minimum atomic E-state index is -1.46. The smallest absolute Gasteiger partial charge is 0.526 e. The van der Waals surface area contributed by atoms with Crippen LogP contribution >= 0.6 is 0 Å². The van der Waals surface area contributed by atoms with Crippen LogP contribution in [0.2, 0.25) is 5.82 Å². The van der Waals surface area contributed by atoms with Gasteiger partial charge < -0.3 is 34.6 Å². The molecule has 43 heavy (non-hydrogen) atoms. The first-order chi connectivity index (χ1) is 20.7. The number of carboxylic acids is 1. The number of hydrogen-bond donors (Lipinski definition) is 3. The number of benzene rings is 2. The van der Waals surface area contributed by atoms with E-state index in [0.29, 0.717) is 44.0 Å². The number of likely N-dealkylation sites (N-methyl/N-ethyl adjacent to an activating group) is 1. The maximum Gasteiger partial charge on any atom is 0.526 e. The number of urea groups is 1. The van der Waals surface area contributed by atoms with Gasteiger partial charge in [-0.25, -0.2) is 9.59 Å². The van der Waals surface area contributed by atoms with E-state index in [4.69, 9.17) is 9.39 Å². The highest BCUT2D eigenvalue weighted by Gasteiger charge is 2.41. The second-order valence-electron chi connectivity index (χ2n) is 10.7. The lowest BCUT2D eigenvalue weighted by Gasteiger charge is -2.33. The molecule has 2 saturated heterocycles. The molecule has 0 spiro atoms. The molecule has 2 aromatic rings. The van der Waals surface area contributed by atoms with Crippen LogP contribution in [0.4, 0.5) is 10.5 Å². The van der Waals surface area contributed by atoms with Crippen LogP contribution < -0.4 is 14.9 Å². The molecule has 13 nitrogen and oxygen atoms in total. The van der Waals surface area contributed by atoms with Gasteiger partial charge in [0.05, 0.1) is 18.8 Å². The van der Waals surface area contributed by atoms with Crippen LogP contribution in [0.3, 0.4) is 0 Å². The number of hydrogen-bond acceptors (Lipinski definition) is 9. The molecule has 2 fully saturated rings. The minimum Gasteiger partial charge on any atom is -0.535 e. The monoisotopic (exact) mass is 592 g/mol. The number of carbonyl (C=O) groups excluding carboxylic acids is 4. The van der Waals surface area contributed by atoms with Gasteiger partial charge in [-0.2, -0.15) is 0 Å². The molecule has 3 aliphatic rings. The highest BCUT2D eigenvalue weighted by Crippen LogP contribution is 2.37. The number of rotatable bonds is 8. The number of para-hydroxylation sites is 1. The number of anilines is 1. The summed E-state index contributed by atoms with van der Waals surface area (Å²) in [6.07, 6.45) is -0.0451. The van der Waals surface area contributed by atoms with Gasteiger partial charge in [0.25, 0.3) is 0 Å². The fourth-order valence-electron chi connectivity index (χ4n) is 5.62. The summed E-state index contributed by atoms with van der Waals surface area (Å²) in [7, 11) is -1.46. The van der Waals surface area contributed by atoms with E-state index in [1.165, 1.54) is 11.0 Å². The first kappa shape index (κ1) is 30.0. The van der Waals surface area contributed by atoms with Crippen LogP contribution in [-0.4, -0.2) is 103 Å². The van der Waals surface area contributed by atoms with E-state index in [0.717, 1.165) is 10.6 Å². The number of fused-ring (bicyclic) bond motifs is 1. The minimum absolute atomic E-state index is 0.0149. The molecule has 3 aliphatic heterocycles. The van der Waals surface area contributed by atoms with Crippen molar-refractivity contribution in [3.8, 4) is 5.75 Å². The third-order valence-corrected chi connectivity index (χ3v) is 8.04. The molecule has 2 atom stereocenters. The number of aromatic carboxylic acids is 1. The number of nitrogens with zero attached hydrogens (tertiary/aromatic N) is 3. The van der Waals surface area contributed by atoms with Gasteiger partial charge in [0, 0.05) is 50.6 Å². The highest BCUT2D eigenvalue weighted by molar-refractivity contribution is 6.47. The van der Waals surface area contributed by atoms with Crippen LogP contribution in [0.1, 0.15) is 40.9 Å². The number of carbonyl (C=O) groups is 5. The third-order valence-electron chi connectivity index (χ3n) is 8.04. The van der Waals surface area contributed by atoms with Crippen molar-refractivity contribution in [3.63, 3.8) is 0 Å². The van der Waals surface area contributed by atoms with Gasteiger partial charge in [0.15, 0.2) is 5.78 Å². The molecule has 226 valence electrons. The molecule has 0 aromatic heterocycles. The summed E-state index contributed by atoms with van der Waals surface area (Å²) in [5.41, 5.74) is 1.83. The molecular formula is C29H33BN4O9. The number of ketones is 1. The first-order valence-electron chi connectivity index (χ1n) is 14.2. The summed E-state index contributed by atoms with van der Waals surface area (Å²) in [5.74, 6) is -4.08. The number of morpholine rings is 1. The van der Waals surface area contributed by atoms with Crippen molar-refractivity contribution in [2.75, 3.05) is 50.8 Å². The molecule has 1 unspecified atom stereocenters. The predicted octanol–water partition coefficient (Wildman–Crippen LogP) is 1.11. The Labute approximate surface area is 248 Å². The molecule has 0 saturated carbocycles. The maximum absolute atomic E-state index is 13.8. The Balaban J connectivity index is 1.37. The molecule has 3 N–H and O–H groups in total. The van der Waals surface area contributed by atoms with Gasteiger partial charge in [0.2, 0.25) is 0 Å². The Morgan fingerprint density at radius 2 is 1.74 bits per heavy atom. The van der Waals surface area contributed by atoms with E-state index in [1.54, 1.807) is 31.2 Å². The normalized spacial score (nSPS) is 19.4. The number of carboxylic acid groups (broad SMARTS) is 1. The van der Waals surface area contributed by atoms with Crippen molar-refractivity contribution in [1.29, 1.82) is 0 Å². The van der Waals surface area contributed by atoms with Crippen molar-refractivity contribution in [1.82, 2.24) is 15.1 Å². The average Bonchev–Trinajstić information content (AvgIpc) is 3.01. The number of Topliss-reactive ketones (excluding diaryl/α,β-unsaturated/α-hetero) is 1. The summed E-state index contributed by atoms with van der Waals surface area (Å²) < 4.78 is 11.0. The standard InChI is InChI=1S/C29H33BN4O9/c1-2-32-10-11-34(27(37)26(32)36)29(40)31-24(18-6-8-21(9-7-18)33-12-14-42-15-13-33)23(35)17-20-16-19-4-3-5-22(28(38)39)25(19)43-30(20)41/h3-9,20,24,41H,2,10-17H2,1H3,(H,31,40)(H,38,39)/t20-,24?/m1/s1. The van der Waals surface area contributed by atoms with E-state index in [9.17, 15) is 34.1 Å². The summed E-state index contributed by atoms with van der Waals surface area (Å²) >= 11 is 0. The van der Waals surface area contributed by atoms with Crippen molar-refractivity contribution in [3.05, 3.63) is 59.2 Å². The number of amides is 4. The number of ether oxygens (including phenoxy) is 1. The summed E-state index contributed by atoms with van der Waals surface area (Å²) in [4.78, 5) is 68.1. The molecule has 4 amide bonds. The molecule has 0 radical (unpaired) electrons. The van der Waals surface area contributed by atoms with Crippen molar-refractivity contribution < 1.29 is 43.5 Å². The van der Waals surface area contributed by atoms with Gasteiger partial charge in [-0.15, -0.1) is 0 Å². The predicted molar refractivity (Wildman–Crippen MR) is 154 cm³/mol. The van der Waals surface area contributed by atoms with Gasteiger partial charge in [-0.3, -0.25) is 19.3 Å². The Hall–Kier alpha value is -4.43. The molecular weight excluding hydrogens is 559 g/mol. The fourth-order valence-corrected chi connectivity index (χ4v) is 5.62. The fraction of sp³-hybridized carbons (Fsp3) is 0.414. The van der Waals surface area contributed by atoms with Crippen LogP contribution in [0.25, 0.3) is 0 Å².